The van der Waals surface area contributed by atoms with Gasteiger partial charge in [-0.1, -0.05) is 13.3 Å². The highest BCUT2D eigenvalue weighted by atomic mass is 15.6. The summed E-state index contributed by atoms with van der Waals surface area (Å²) in [5.41, 5.74) is 0. The van der Waals surface area contributed by atoms with Gasteiger partial charge >= 0.3 is 0 Å². The molecule has 1 heterocycles. The molecule has 0 saturated heterocycles. The summed E-state index contributed by atoms with van der Waals surface area (Å²) in [6, 6.07) is 2.20. The van der Waals surface area contributed by atoms with E-state index < -0.39 is 0 Å². The second-order valence-electron chi connectivity index (χ2n) is 2.92. The number of hydrazone groups is 1. The van der Waals surface area contributed by atoms with E-state index in [-0.39, 0.29) is 6.17 Å². The van der Waals surface area contributed by atoms with Crippen LogP contribution in [0.3, 0.4) is 0 Å². The molecule has 1 aliphatic heterocycles. The van der Waals surface area contributed by atoms with Gasteiger partial charge in [0.05, 0.1) is 0 Å². The van der Waals surface area contributed by atoms with Crippen LogP contribution in [0.15, 0.2) is 5.10 Å². The molecule has 4 heteroatoms. The number of unbranched alkanes of at least 4 members (excludes halogenated alkanes) is 1. The summed E-state index contributed by atoms with van der Waals surface area (Å²) in [4.78, 5) is 1.82. The number of rotatable bonds is 3. The zero-order valence-corrected chi connectivity index (χ0v) is 7.56. The van der Waals surface area contributed by atoms with Crippen molar-refractivity contribution in [2.75, 3.05) is 13.6 Å². The molecule has 1 aliphatic rings. The summed E-state index contributed by atoms with van der Waals surface area (Å²) >= 11 is 0. The van der Waals surface area contributed by atoms with Gasteiger partial charge in [0, 0.05) is 13.6 Å². The second kappa shape index (κ2) is 3.96. The standard InChI is InChI=1S/C8H14N4/c1-3-4-5-12-8(6-9)11(2)7-10-12/h7-8H,3-5H2,1-2H3. The maximum Gasteiger partial charge on any atom is 0.207 e. The molecule has 0 aliphatic carbocycles. The predicted molar refractivity (Wildman–Crippen MR) is 47.3 cm³/mol. The molecule has 0 spiro atoms. The van der Waals surface area contributed by atoms with Crippen LogP contribution >= 0.6 is 0 Å². The monoisotopic (exact) mass is 166 g/mol. The Morgan fingerprint density at radius 3 is 3.00 bits per heavy atom. The fourth-order valence-electron chi connectivity index (χ4n) is 1.14. The topological polar surface area (TPSA) is 42.6 Å². The van der Waals surface area contributed by atoms with Crippen LogP contribution in [0, 0.1) is 11.3 Å². The molecule has 1 unspecified atom stereocenters. The van der Waals surface area contributed by atoms with Crippen molar-refractivity contribution in [1.82, 2.24) is 9.91 Å². The molecule has 1 rings (SSSR count). The van der Waals surface area contributed by atoms with Crippen LogP contribution in [0.5, 0.6) is 0 Å². The Labute approximate surface area is 73.1 Å². The van der Waals surface area contributed by atoms with Crippen molar-refractivity contribution in [3.8, 4) is 6.07 Å². The van der Waals surface area contributed by atoms with Gasteiger partial charge in [0.15, 0.2) is 0 Å². The smallest absolute Gasteiger partial charge is 0.207 e. The molecule has 0 radical (unpaired) electrons. The molecule has 0 aromatic heterocycles. The zero-order valence-electron chi connectivity index (χ0n) is 7.56. The summed E-state index contributed by atoms with van der Waals surface area (Å²) in [7, 11) is 1.86. The maximum absolute atomic E-state index is 8.79. The number of hydrogen-bond acceptors (Lipinski definition) is 4. The van der Waals surface area contributed by atoms with E-state index in [0.29, 0.717) is 0 Å². The number of hydrogen-bond donors (Lipinski definition) is 0. The summed E-state index contributed by atoms with van der Waals surface area (Å²) in [5, 5.41) is 14.7. The Morgan fingerprint density at radius 2 is 2.42 bits per heavy atom. The summed E-state index contributed by atoms with van der Waals surface area (Å²) < 4.78 is 0. The first-order valence-electron chi connectivity index (χ1n) is 4.22. The third-order valence-corrected chi connectivity index (χ3v) is 1.91. The van der Waals surface area contributed by atoms with E-state index in [1.165, 1.54) is 0 Å². The van der Waals surface area contributed by atoms with Crippen molar-refractivity contribution < 1.29 is 0 Å². The Bertz CT molecular complexity index is 206. The maximum atomic E-state index is 8.79. The Balaban J connectivity index is 2.45. The minimum Gasteiger partial charge on any atom is -0.331 e. The van der Waals surface area contributed by atoms with Gasteiger partial charge in [-0.2, -0.15) is 10.4 Å². The van der Waals surface area contributed by atoms with Crippen molar-refractivity contribution in [2.45, 2.75) is 25.9 Å². The van der Waals surface area contributed by atoms with Crippen LogP contribution in [0.2, 0.25) is 0 Å². The molecule has 4 nitrogen and oxygen atoms in total. The van der Waals surface area contributed by atoms with Gasteiger partial charge in [-0.15, -0.1) is 0 Å². The van der Waals surface area contributed by atoms with Gasteiger partial charge in [0.2, 0.25) is 6.17 Å². The van der Waals surface area contributed by atoms with E-state index in [9.17, 15) is 0 Å². The number of nitrogens with zero attached hydrogens (tertiary/aromatic N) is 4. The van der Waals surface area contributed by atoms with E-state index >= 15 is 0 Å². The lowest BCUT2D eigenvalue weighted by molar-refractivity contribution is 0.192. The predicted octanol–water partition coefficient (Wildman–Crippen LogP) is 0.827. The average Bonchev–Trinajstić information content (AvgIpc) is 2.43. The fraction of sp³-hybridized carbons (Fsp3) is 0.750. The van der Waals surface area contributed by atoms with Gasteiger partial charge in [0.25, 0.3) is 0 Å². The van der Waals surface area contributed by atoms with Crippen LogP contribution in [0.1, 0.15) is 19.8 Å². The van der Waals surface area contributed by atoms with Crippen molar-refractivity contribution >= 4 is 6.34 Å². The molecular weight excluding hydrogens is 152 g/mol. The van der Waals surface area contributed by atoms with Crippen LogP contribution in [0.4, 0.5) is 0 Å². The SMILES string of the molecule is CCCCN1N=CN(C)C1C#N. The second-order valence-corrected chi connectivity index (χ2v) is 2.92. The minimum atomic E-state index is -0.198. The fourth-order valence-corrected chi connectivity index (χ4v) is 1.14. The Kier molecular flexibility index (Phi) is 2.92. The third kappa shape index (κ3) is 1.67. The van der Waals surface area contributed by atoms with Gasteiger partial charge in [0.1, 0.15) is 12.4 Å². The van der Waals surface area contributed by atoms with E-state index in [2.05, 4.69) is 18.1 Å². The Hall–Kier alpha value is -1.24. The van der Waals surface area contributed by atoms with E-state index in [1.54, 1.807) is 6.34 Å². The average molecular weight is 166 g/mol. The molecule has 0 aromatic rings. The molecule has 0 fully saturated rings. The normalized spacial score (nSPS) is 21.6. The third-order valence-electron chi connectivity index (χ3n) is 1.91. The highest BCUT2D eigenvalue weighted by Gasteiger charge is 2.23. The van der Waals surface area contributed by atoms with Gasteiger partial charge in [-0.3, -0.25) is 5.01 Å². The molecule has 12 heavy (non-hydrogen) atoms. The lowest BCUT2D eigenvalue weighted by Gasteiger charge is -2.21. The minimum absolute atomic E-state index is 0.198. The molecule has 0 N–H and O–H groups in total. The van der Waals surface area contributed by atoms with Crippen LogP contribution < -0.4 is 0 Å². The molecule has 66 valence electrons. The molecule has 1 atom stereocenters. The van der Waals surface area contributed by atoms with Crippen LogP contribution in [-0.4, -0.2) is 36.0 Å². The van der Waals surface area contributed by atoms with Crippen molar-refractivity contribution in [2.24, 2.45) is 5.10 Å². The highest BCUT2D eigenvalue weighted by molar-refractivity contribution is 5.57. The van der Waals surface area contributed by atoms with Crippen molar-refractivity contribution in [3.05, 3.63) is 0 Å². The number of nitriles is 1. The molecule has 0 bridgehead atoms. The first kappa shape index (κ1) is 8.85. The Morgan fingerprint density at radius 1 is 1.67 bits per heavy atom. The molecule has 0 aromatic carbocycles. The highest BCUT2D eigenvalue weighted by Crippen LogP contribution is 2.10. The van der Waals surface area contributed by atoms with Gasteiger partial charge < -0.3 is 4.90 Å². The first-order chi connectivity index (χ1) is 5.79. The molecule has 0 saturated carbocycles. The lowest BCUT2D eigenvalue weighted by Crippen LogP contribution is -2.36. The van der Waals surface area contributed by atoms with Crippen LogP contribution in [-0.2, 0) is 0 Å². The summed E-state index contributed by atoms with van der Waals surface area (Å²) in [5.74, 6) is 0. The van der Waals surface area contributed by atoms with E-state index in [0.717, 1.165) is 19.4 Å². The lowest BCUT2D eigenvalue weighted by atomic mass is 10.3. The van der Waals surface area contributed by atoms with E-state index in [1.807, 2.05) is 17.0 Å². The quantitative estimate of drug-likeness (QED) is 0.623. The van der Waals surface area contributed by atoms with E-state index in [4.69, 9.17) is 5.26 Å². The zero-order chi connectivity index (χ0) is 8.97. The van der Waals surface area contributed by atoms with Gasteiger partial charge in [-0.25, -0.2) is 0 Å². The summed E-state index contributed by atoms with van der Waals surface area (Å²) in [6.07, 6.45) is 3.72. The van der Waals surface area contributed by atoms with Crippen molar-refractivity contribution in [1.29, 1.82) is 5.26 Å². The largest absolute Gasteiger partial charge is 0.331 e. The molecular formula is C8H14N4. The molecule has 0 amide bonds. The summed E-state index contributed by atoms with van der Waals surface area (Å²) in [6.45, 7) is 3.00. The first-order valence-corrected chi connectivity index (χ1v) is 4.22. The van der Waals surface area contributed by atoms with Gasteiger partial charge in [-0.05, 0) is 6.42 Å². The van der Waals surface area contributed by atoms with Crippen molar-refractivity contribution in [3.63, 3.8) is 0 Å². The van der Waals surface area contributed by atoms with Crippen LogP contribution in [0.25, 0.3) is 0 Å².